The van der Waals surface area contributed by atoms with Crippen molar-refractivity contribution in [3.8, 4) is 0 Å². The van der Waals surface area contributed by atoms with E-state index in [1.54, 1.807) is 0 Å². The van der Waals surface area contributed by atoms with Gasteiger partial charge in [0.2, 0.25) is 0 Å². The molecule has 0 radical (unpaired) electrons. The van der Waals surface area contributed by atoms with Gasteiger partial charge >= 0.3 is 0 Å². The van der Waals surface area contributed by atoms with Gasteiger partial charge in [0.25, 0.3) is 0 Å². The van der Waals surface area contributed by atoms with Crippen LogP contribution in [-0.2, 0) is 0 Å². The van der Waals surface area contributed by atoms with Crippen LogP contribution < -0.4 is 5.32 Å². The summed E-state index contributed by atoms with van der Waals surface area (Å²) in [5, 5.41) is 3.52. The predicted octanol–water partition coefficient (Wildman–Crippen LogP) is 3.49. The van der Waals surface area contributed by atoms with Crippen LogP contribution in [0.5, 0.6) is 0 Å². The zero-order valence-electron chi connectivity index (χ0n) is 13.8. The number of nitrogens with one attached hydrogen (secondary N) is 1. The van der Waals surface area contributed by atoms with Crippen molar-refractivity contribution in [2.24, 2.45) is 4.99 Å². The molecule has 0 saturated carbocycles. The Morgan fingerprint density at radius 1 is 1.00 bits per heavy atom. The summed E-state index contributed by atoms with van der Waals surface area (Å²) < 4.78 is 0. The van der Waals surface area contributed by atoms with E-state index in [-0.39, 0.29) is 0 Å². The summed E-state index contributed by atoms with van der Waals surface area (Å²) in [6.45, 7) is 2.96. The largest absolute Gasteiger partial charge is 0.356 e. The van der Waals surface area contributed by atoms with Crippen LogP contribution in [0.25, 0.3) is 0 Å². The van der Waals surface area contributed by atoms with E-state index in [0.29, 0.717) is 5.92 Å². The van der Waals surface area contributed by atoms with E-state index in [1.165, 1.54) is 11.1 Å². The van der Waals surface area contributed by atoms with Crippen molar-refractivity contribution < 1.29 is 0 Å². The van der Waals surface area contributed by atoms with Crippen molar-refractivity contribution in [3.63, 3.8) is 0 Å². The number of aliphatic imine (C=N–C) groups is 1. The van der Waals surface area contributed by atoms with Gasteiger partial charge in [0, 0.05) is 32.6 Å². The maximum atomic E-state index is 4.58. The van der Waals surface area contributed by atoms with E-state index in [4.69, 9.17) is 0 Å². The van der Waals surface area contributed by atoms with E-state index >= 15 is 0 Å². The second-order valence-electron chi connectivity index (χ2n) is 6.07. The second-order valence-corrected chi connectivity index (χ2v) is 6.07. The lowest BCUT2D eigenvalue weighted by Crippen LogP contribution is -2.42. The molecule has 1 N–H and O–H groups in total. The van der Waals surface area contributed by atoms with Gasteiger partial charge in [-0.3, -0.25) is 4.99 Å². The molecular weight excluding hydrogens is 282 g/mol. The summed E-state index contributed by atoms with van der Waals surface area (Å²) in [6.07, 6.45) is 2.21. The molecule has 1 aliphatic rings. The molecule has 0 spiro atoms. The van der Waals surface area contributed by atoms with E-state index in [9.17, 15) is 0 Å². The fourth-order valence-corrected chi connectivity index (χ4v) is 3.14. The van der Waals surface area contributed by atoms with E-state index < -0.39 is 0 Å². The minimum Gasteiger partial charge on any atom is -0.356 e. The molecule has 0 bridgehead atoms. The third kappa shape index (κ3) is 4.13. The quantitative estimate of drug-likeness (QED) is 0.915. The number of nitrogens with zero attached hydrogens (tertiary/aromatic N) is 2. The van der Waals surface area contributed by atoms with Crippen molar-refractivity contribution in [2.75, 3.05) is 26.7 Å². The van der Waals surface area contributed by atoms with Crippen LogP contribution in [0.2, 0.25) is 0 Å². The highest BCUT2D eigenvalue weighted by atomic mass is 15.3. The number of guanidine groups is 1. The Kier molecular flexibility index (Phi) is 5.30. The third-order valence-corrected chi connectivity index (χ3v) is 4.39. The Labute approximate surface area is 139 Å². The molecule has 1 aliphatic heterocycles. The van der Waals surface area contributed by atoms with Crippen LogP contribution in [0.1, 0.15) is 29.9 Å². The SMILES string of the molecule is CN1CCCN=C1NCCC(c1ccccc1)c1ccccc1. The maximum absolute atomic E-state index is 4.58. The lowest BCUT2D eigenvalue weighted by molar-refractivity contribution is 0.444. The summed E-state index contributed by atoms with van der Waals surface area (Å²) in [7, 11) is 2.11. The normalized spacial score (nSPS) is 14.7. The van der Waals surface area contributed by atoms with Crippen LogP contribution in [0, 0.1) is 0 Å². The second kappa shape index (κ2) is 7.82. The van der Waals surface area contributed by atoms with Gasteiger partial charge in [-0.2, -0.15) is 0 Å². The highest BCUT2D eigenvalue weighted by Crippen LogP contribution is 2.27. The summed E-state index contributed by atoms with van der Waals surface area (Å²) >= 11 is 0. The van der Waals surface area contributed by atoms with Crippen molar-refractivity contribution in [2.45, 2.75) is 18.8 Å². The molecule has 0 fully saturated rings. The third-order valence-electron chi connectivity index (χ3n) is 4.39. The predicted molar refractivity (Wildman–Crippen MR) is 96.9 cm³/mol. The van der Waals surface area contributed by atoms with Crippen molar-refractivity contribution in [3.05, 3.63) is 71.8 Å². The summed E-state index contributed by atoms with van der Waals surface area (Å²) in [4.78, 5) is 6.80. The lowest BCUT2D eigenvalue weighted by atomic mass is 9.88. The van der Waals surface area contributed by atoms with Gasteiger partial charge in [0.05, 0.1) is 0 Å². The van der Waals surface area contributed by atoms with Gasteiger partial charge in [-0.05, 0) is 24.0 Å². The van der Waals surface area contributed by atoms with Gasteiger partial charge in [0.15, 0.2) is 5.96 Å². The molecule has 0 aliphatic carbocycles. The molecule has 0 amide bonds. The highest BCUT2D eigenvalue weighted by molar-refractivity contribution is 5.80. The Hall–Kier alpha value is -2.29. The Morgan fingerprint density at radius 3 is 2.17 bits per heavy atom. The Balaban J connectivity index is 1.69. The van der Waals surface area contributed by atoms with E-state index in [1.807, 2.05) is 0 Å². The van der Waals surface area contributed by atoms with Gasteiger partial charge in [-0.25, -0.2) is 0 Å². The molecule has 0 aromatic heterocycles. The molecule has 2 aromatic carbocycles. The van der Waals surface area contributed by atoms with Gasteiger partial charge in [-0.15, -0.1) is 0 Å². The highest BCUT2D eigenvalue weighted by Gasteiger charge is 2.15. The molecule has 2 aromatic rings. The minimum atomic E-state index is 0.416. The first-order valence-corrected chi connectivity index (χ1v) is 8.44. The Morgan fingerprint density at radius 2 is 1.61 bits per heavy atom. The number of hydrogen-bond donors (Lipinski definition) is 1. The van der Waals surface area contributed by atoms with Crippen LogP contribution in [-0.4, -0.2) is 37.5 Å². The molecule has 120 valence electrons. The van der Waals surface area contributed by atoms with Gasteiger partial charge < -0.3 is 10.2 Å². The summed E-state index contributed by atoms with van der Waals surface area (Å²) in [5.41, 5.74) is 2.75. The molecular formula is C20H25N3. The molecule has 0 unspecified atom stereocenters. The van der Waals surface area contributed by atoms with Crippen molar-refractivity contribution >= 4 is 5.96 Å². The molecule has 3 rings (SSSR count). The molecule has 23 heavy (non-hydrogen) atoms. The zero-order chi connectivity index (χ0) is 15.9. The summed E-state index contributed by atoms with van der Waals surface area (Å²) in [6, 6.07) is 21.5. The molecule has 3 nitrogen and oxygen atoms in total. The fourth-order valence-electron chi connectivity index (χ4n) is 3.14. The average molecular weight is 307 g/mol. The van der Waals surface area contributed by atoms with E-state index in [2.05, 4.69) is 82.9 Å². The molecule has 1 heterocycles. The van der Waals surface area contributed by atoms with Crippen LogP contribution in [0.4, 0.5) is 0 Å². The monoisotopic (exact) mass is 307 g/mol. The maximum Gasteiger partial charge on any atom is 0.193 e. The van der Waals surface area contributed by atoms with Crippen LogP contribution >= 0.6 is 0 Å². The fraction of sp³-hybridized carbons (Fsp3) is 0.350. The zero-order valence-corrected chi connectivity index (χ0v) is 13.8. The first-order chi connectivity index (χ1) is 11.3. The topological polar surface area (TPSA) is 27.6 Å². The molecule has 3 heteroatoms. The lowest BCUT2D eigenvalue weighted by Gasteiger charge is -2.26. The van der Waals surface area contributed by atoms with Crippen LogP contribution in [0.3, 0.4) is 0 Å². The first kappa shape index (κ1) is 15.6. The minimum absolute atomic E-state index is 0.416. The van der Waals surface area contributed by atoms with Gasteiger partial charge in [-0.1, -0.05) is 60.7 Å². The average Bonchev–Trinajstić information content (AvgIpc) is 2.62. The molecule has 0 atom stereocenters. The standard InChI is InChI=1S/C20H25N3/c1-23-16-8-14-21-20(23)22-15-13-19(17-9-4-2-5-10-17)18-11-6-3-7-12-18/h2-7,9-12,19H,8,13-16H2,1H3,(H,21,22). The number of hydrogen-bond acceptors (Lipinski definition) is 3. The number of rotatable bonds is 5. The first-order valence-electron chi connectivity index (χ1n) is 8.44. The van der Waals surface area contributed by atoms with Gasteiger partial charge in [0.1, 0.15) is 0 Å². The summed E-state index contributed by atoms with van der Waals surface area (Å²) in [5.74, 6) is 1.45. The van der Waals surface area contributed by atoms with Crippen molar-refractivity contribution in [1.29, 1.82) is 0 Å². The number of benzene rings is 2. The molecule has 0 saturated heterocycles. The van der Waals surface area contributed by atoms with Crippen LogP contribution in [0.15, 0.2) is 65.7 Å². The Bertz CT molecular complexity index is 582. The van der Waals surface area contributed by atoms with E-state index in [0.717, 1.165) is 38.4 Å². The smallest absolute Gasteiger partial charge is 0.193 e. The van der Waals surface area contributed by atoms with Crippen molar-refractivity contribution in [1.82, 2.24) is 10.2 Å².